The Hall–Kier alpha value is -1.10. The van der Waals surface area contributed by atoms with Crippen molar-refractivity contribution >= 4 is 27.5 Å². The molecule has 0 aliphatic rings. The summed E-state index contributed by atoms with van der Waals surface area (Å²) < 4.78 is 20.0. The maximum absolute atomic E-state index is 13.7. The molecule has 0 aliphatic heterocycles. The molecule has 0 saturated heterocycles. The molecule has 1 unspecified atom stereocenters. The van der Waals surface area contributed by atoms with E-state index < -0.39 is 0 Å². The molecule has 0 aliphatic carbocycles. The number of hydrogen-bond acceptors (Lipinski definition) is 2. The molecule has 0 fully saturated rings. The van der Waals surface area contributed by atoms with Crippen molar-refractivity contribution in [3.8, 4) is 5.75 Å². The van der Waals surface area contributed by atoms with Crippen LogP contribution in [0.15, 0.2) is 40.9 Å². The van der Waals surface area contributed by atoms with Gasteiger partial charge in [-0.2, -0.15) is 0 Å². The monoisotopic (exact) mass is 371 g/mol. The molecular weight excluding hydrogens is 357 g/mol. The Morgan fingerprint density at radius 3 is 2.67 bits per heavy atom. The second-order valence-electron chi connectivity index (χ2n) is 4.72. The third kappa shape index (κ3) is 4.19. The van der Waals surface area contributed by atoms with Crippen LogP contribution in [0.1, 0.15) is 24.1 Å². The Morgan fingerprint density at radius 2 is 2.05 bits per heavy atom. The zero-order chi connectivity index (χ0) is 15.4. The first-order valence-corrected chi connectivity index (χ1v) is 7.72. The Bertz CT molecular complexity index is 636. The molecule has 2 nitrogen and oxygen atoms in total. The van der Waals surface area contributed by atoms with E-state index in [-0.39, 0.29) is 18.5 Å². The van der Waals surface area contributed by atoms with E-state index in [0.29, 0.717) is 20.8 Å². The first-order valence-electron chi connectivity index (χ1n) is 6.54. The second kappa shape index (κ2) is 7.25. The summed E-state index contributed by atoms with van der Waals surface area (Å²) in [6.45, 7) is 2.18. The van der Waals surface area contributed by atoms with Crippen molar-refractivity contribution in [2.45, 2.75) is 19.6 Å². The summed E-state index contributed by atoms with van der Waals surface area (Å²) in [6.07, 6.45) is 0. The van der Waals surface area contributed by atoms with Gasteiger partial charge in [-0.25, -0.2) is 4.39 Å². The Kier molecular flexibility index (Phi) is 5.62. The molecule has 2 rings (SSSR count). The molecule has 0 saturated carbocycles. The highest BCUT2D eigenvalue weighted by molar-refractivity contribution is 9.10. The van der Waals surface area contributed by atoms with Gasteiger partial charge in [0.05, 0.1) is 5.02 Å². The molecule has 21 heavy (non-hydrogen) atoms. The first kappa shape index (κ1) is 16.3. The van der Waals surface area contributed by atoms with Crippen LogP contribution < -0.4 is 10.1 Å². The normalized spacial score (nSPS) is 12.2. The van der Waals surface area contributed by atoms with Gasteiger partial charge in [0.2, 0.25) is 0 Å². The van der Waals surface area contributed by atoms with Gasteiger partial charge in [0.25, 0.3) is 0 Å². The lowest BCUT2D eigenvalue weighted by Gasteiger charge is -2.14. The average Bonchev–Trinajstić information content (AvgIpc) is 2.46. The van der Waals surface area contributed by atoms with E-state index in [4.69, 9.17) is 16.3 Å². The van der Waals surface area contributed by atoms with Gasteiger partial charge in [-0.1, -0.05) is 39.7 Å². The van der Waals surface area contributed by atoms with Crippen molar-refractivity contribution in [2.24, 2.45) is 0 Å². The SMILES string of the molecule is CNC(C)c1ccc(OCc2ccc(Br)cc2F)c(Cl)c1. The highest BCUT2D eigenvalue weighted by Crippen LogP contribution is 2.29. The molecule has 1 atom stereocenters. The minimum atomic E-state index is -0.305. The highest BCUT2D eigenvalue weighted by Gasteiger charge is 2.09. The Labute approximate surface area is 137 Å². The van der Waals surface area contributed by atoms with Gasteiger partial charge in [0, 0.05) is 16.1 Å². The van der Waals surface area contributed by atoms with Crippen LogP contribution in [0.25, 0.3) is 0 Å². The topological polar surface area (TPSA) is 21.3 Å². The maximum atomic E-state index is 13.7. The van der Waals surface area contributed by atoms with Crippen molar-refractivity contribution in [1.82, 2.24) is 5.32 Å². The minimum Gasteiger partial charge on any atom is -0.487 e. The summed E-state index contributed by atoms with van der Waals surface area (Å²) in [6, 6.07) is 10.7. The van der Waals surface area contributed by atoms with E-state index in [1.54, 1.807) is 12.1 Å². The van der Waals surface area contributed by atoms with E-state index in [2.05, 4.69) is 21.2 Å². The largest absolute Gasteiger partial charge is 0.487 e. The van der Waals surface area contributed by atoms with E-state index in [0.717, 1.165) is 5.56 Å². The fourth-order valence-electron chi connectivity index (χ4n) is 1.86. The molecule has 0 radical (unpaired) electrons. The fraction of sp³-hybridized carbons (Fsp3) is 0.250. The molecule has 2 aromatic carbocycles. The van der Waals surface area contributed by atoms with Crippen LogP contribution in [0.4, 0.5) is 4.39 Å². The molecule has 0 amide bonds. The van der Waals surface area contributed by atoms with Gasteiger partial charge in [-0.3, -0.25) is 0 Å². The van der Waals surface area contributed by atoms with Crippen LogP contribution in [-0.2, 0) is 6.61 Å². The van der Waals surface area contributed by atoms with Gasteiger partial charge in [-0.05, 0) is 43.8 Å². The van der Waals surface area contributed by atoms with Crippen LogP contribution in [0.3, 0.4) is 0 Å². The van der Waals surface area contributed by atoms with Crippen molar-refractivity contribution in [2.75, 3.05) is 7.05 Å². The lowest BCUT2D eigenvalue weighted by atomic mass is 10.1. The van der Waals surface area contributed by atoms with Crippen LogP contribution >= 0.6 is 27.5 Å². The van der Waals surface area contributed by atoms with Crippen molar-refractivity contribution in [3.05, 3.63) is 62.8 Å². The van der Waals surface area contributed by atoms with Gasteiger partial charge in [0.15, 0.2) is 0 Å². The quantitative estimate of drug-likeness (QED) is 0.788. The summed E-state index contributed by atoms with van der Waals surface area (Å²) in [7, 11) is 1.89. The summed E-state index contributed by atoms with van der Waals surface area (Å²) >= 11 is 9.43. The lowest BCUT2D eigenvalue weighted by Crippen LogP contribution is -2.12. The molecule has 0 bridgehead atoms. The maximum Gasteiger partial charge on any atom is 0.138 e. The van der Waals surface area contributed by atoms with Crippen LogP contribution in [0.2, 0.25) is 5.02 Å². The number of nitrogens with one attached hydrogen (secondary N) is 1. The van der Waals surface area contributed by atoms with Crippen LogP contribution in [-0.4, -0.2) is 7.05 Å². The zero-order valence-electron chi connectivity index (χ0n) is 11.8. The molecule has 0 aromatic heterocycles. The van der Waals surface area contributed by atoms with Gasteiger partial charge < -0.3 is 10.1 Å². The first-order chi connectivity index (χ1) is 10.0. The standard InChI is InChI=1S/C16H16BrClFNO/c1-10(20-2)11-4-6-16(14(18)7-11)21-9-12-3-5-13(17)8-15(12)19/h3-8,10,20H,9H2,1-2H3. The molecule has 1 N–H and O–H groups in total. The third-order valence-electron chi connectivity index (χ3n) is 3.29. The van der Waals surface area contributed by atoms with Crippen LogP contribution in [0, 0.1) is 5.82 Å². The molecule has 0 heterocycles. The van der Waals surface area contributed by atoms with Gasteiger partial charge in [0.1, 0.15) is 18.2 Å². The van der Waals surface area contributed by atoms with Crippen molar-refractivity contribution in [1.29, 1.82) is 0 Å². The predicted molar refractivity (Wildman–Crippen MR) is 87.4 cm³/mol. The van der Waals surface area contributed by atoms with E-state index in [9.17, 15) is 4.39 Å². The predicted octanol–water partition coefficient (Wildman–Crippen LogP) is 5.10. The number of benzene rings is 2. The van der Waals surface area contributed by atoms with Crippen LogP contribution in [0.5, 0.6) is 5.75 Å². The summed E-state index contributed by atoms with van der Waals surface area (Å²) in [5, 5.41) is 3.67. The minimum absolute atomic E-state index is 0.139. The Balaban J connectivity index is 2.10. The van der Waals surface area contributed by atoms with E-state index >= 15 is 0 Å². The summed E-state index contributed by atoms with van der Waals surface area (Å²) in [5.41, 5.74) is 1.56. The van der Waals surface area contributed by atoms with Crippen molar-refractivity contribution < 1.29 is 9.13 Å². The lowest BCUT2D eigenvalue weighted by molar-refractivity contribution is 0.300. The fourth-order valence-corrected chi connectivity index (χ4v) is 2.44. The average molecular weight is 373 g/mol. The number of ether oxygens (including phenoxy) is 1. The molecule has 0 spiro atoms. The smallest absolute Gasteiger partial charge is 0.138 e. The number of halogens is 3. The summed E-state index contributed by atoms with van der Waals surface area (Å²) in [5.74, 6) is 0.243. The van der Waals surface area contributed by atoms with Gasteiger partial charge in [-0.15, -0.1) is 0 Å². The number of hydrogen-bond donors (Lipinski definition) is 1. The van der Waals surface area contributed by atoms with E-state index in [1.165, 1.54) is 6.07 Å². The molecular formula is C16H16BrClFNO. The second-order valence-corrected chi connectivity index (χ2v) is 6.05. The molecule has 112 valence electrons. The van der Waals surface area contributed by atoms with Crippen molar-refractivity contribution in [3.63, 3.8) is 0 Å². The Morgan fingerprint density at radius 1 is 1.29 bits per heavy atom. The molecule has 5 heteroatoms. The summed E-state index contributed by atoms with van der Waals surface area (Å²) in [4.78, 5) is 0. The van der Waals surface area contributed by atoms with E-state index in [1.807, 2.05) is 32.2 Å². The zero-order valence-corrected chi connectivity index (χ0v) is 14.1. The molecule has 2 aromatic rings. The number of rotatable bonds is 5. The third-order valence-corrected chi connectivity index (χ3v) is 4.08. The van der Waals surface area contributed by atoms with Gasteiger partial charge >= 0.3 is 0 Å². The highest BCUT2D eigenvalue weighted by atomic mass is 79.9.